The lowest BCUT2D eigenvalue weighted by Gasteiger charge is -2.34. The summed E-state index contributed by atoms with van der Waals surface area (Å²) in [5.41, 5.74) is 1.95. The highest BCUT2D eigenvalue weighted by Gasteiger charge is 2.32. The first kappa shape index (κ1) is 28.7. The van der Waals surface area contributed by atoms with Gasteiger partial charge in [-0.25, -0.2) is 8.42 Å². The van der Waals surface area contributed by atoms with Crippen LogP contribution in [0.4, 0.5) is 5.69 Å². The quantitative estimate of drug-likeness (QED) is 0.448. The Morgan fingerprint density at radius 2 is 1.57 bits per heavy atom. The second-order valence-electron chi connectivity index (χ2n) is 8.61. The number of nitrogens with zero attached hydrogens (tertiary/aromatic N) is 2. The molecule has 0 heterocycles. The van der Waals surface area contributed by atoms with E-state index in [-0.39, 0.29) is 18.5 Å². The topological polar surface area (TPSA) is 86.8 Å². The minimum atomic E-state index is -3.78. The Balaban J connectivity index is 2.49. The van der Waals surface area contributed by atoms with E-state index in [0.717, 1.165) is 22.5 Å². The van der Waals surface area contributed by atoms with Crippen LogP contribution in [0.1, 0.15) is 51.7 Å². The van der Waals surface area contributed by atoms with Crippen LogP contribution < -0.4 is 9.62 Å². The van der Waals surface area contributed by atoms with Gasteiger partial charge in [0.15, 0.2) is 0 Å². The van der Waals surface area contributed by atoms with Gasteiger partial charge in [-0.1, -0.05) is 68.8 Å². The van der Waals surface area contributed by atoms with E-state index in [1.165, 1.54) is 4.90 Å². The number of anilines is 1. The molecule has 2 amide bonds. The molecule has 9 heteroatoms. The molecule has 2 aromatic carbocycles. The van der Waals surface area contributed by atoms with Crippen molar-refractivity contribution in [3.8, 4) is 0 Å². The maximum atomic E-state index is 13.7. The summed E-state index contributed by atoms with van der Waals surface area (Å²) in [6.45, 7) is 7.28. The molecule has 2 atom stereocenters. The van der Waals surface area contributed by atoms with Crippen LogP contribution in [-0.4, -0.2) is 50.0 Å². The van der Waals surface area contributed by atoms with Crippen LogP contribution >= 0.6 is 11.6 Å². The Kier molecular flexibility index (Phi) is 10.6. The molecular weight excluding hydrogens is 486 g/mol. The maximum Gasteiger partial charge on any atom is 0.244 e. The van der Waals surface area contributed by atoms with Crippen molar-refractivity contribution in [1.29, 1.82) is 0 Å². The largest absolute Gasteiger partial charge is 0.352 e. The molecule has 0 saturated heterocycles. The van der Waals surface area contributed by atoms with Gasteiger partial charge in [0.05, 0.1) is 11.9 Å². The fraction of sp³-hybridized carbons (Fsp3) is 0.462. The predicted octanol–water partition coefficient (Wildman–Crippen LogP) is 4.39. The molecule has 0 radical (unpaired) electrons. The standard InChI is InChI=1S/C26H36ClN3O4S/c1-6-19(4)28-26(32)23(8-3)29(17-21-14-9-11-15-22(21)27)25(31)18-30(35(5,33)34)24-16-12-10-13-20(24)7-2/h9-16,19,23H,6-8,17-18H2,1-5H3,(H,28,32)/t19-,23+/m0/s1. The highest BCUT2D eigenvalue weighted by Crippen LogP contribution is 2.25. The van der Waals surface area contributed by atoms with E-state index >= 15 is 0 Å². The van der Waals surface area contributed by atoms with Crippen molar-refractivity contribution in [2.45, 2.75) is 65.6 Å². The minimum Gasteiger partial charge on any atom is -0.352 e. The van der Waals surface area contributed by atoms with E-state index in [9.17, 15) is 18.0 Å². The van der Waals surface area contributed by atoms with Crippen LogP contribution in [0.5, 0.6) is 0 Å². The molecule has 0 aliphatic heterocycles. The van der Waals surface area contributed by atoms with Crippen molar-refractivity contribution in [2.24, 2.45) is 0 Å². The Bertz CT molecular complexity index is 1120. The first-order valence-electron chi connectivity index (χ1n) is 11.9. The Hall–Kier alpha value is -2.58. The number of carbonyl (C=O) groups excluding carboxylic acids is 2. The third kappa shape index (κ3) is 7.70. The number of halogens is 1. The molecule has 0 aliphatic rings. The number of para-hydroxylation sites is 1. The van der Waals surface area contributed by atoms with Crippen LogP contribution in [0.2, 0.25) is 5.02 Å². The number of aryl methyl sites for hydroxylation is 1. The molecule has 2 aromatic rings. The minimum absolute atomic E-state index is 0.0576. The average molecular weight is 522 g/mol. The van der Waals surface area contributed by atoms with Crippen molar-refractivity contribution in [1.82, 2.24) is 10.2 Å². The van der Waals surface area contributed by atoms with E-state index in [1.54, 1.807) is 30.3 Å². The summed E-state index contributed by atoms with van der Waals surface area (Å²) >= 11 is 6.38. The summed E-state index contributed by atoms with van der Waals surface area (Å²) in [6.07, 6.45) is 2.80. The molecule has 0 unspecified atom stereocenters. The maximum absolute atomic E-state index is 13.7. The number of hydrogen-bond acceptors (Lipinski definition) is 4. The van der Waals surface area contributed by atoms with Crippen molar-refractivity contribution in [3.05, 3.63) is 64.7 Å². The lowest BCUT2D eigenvalue weighted by Crippen LogP contribution is -2.53. The molecule has 7 nitrogen and oxygen atoms in total. The second-order valence-corrected chi connectivity index (χ2v) is 10.9. The molecule has 2 rings (SSSR count). The van der Waals surface area contributed by atoms with Gasteiger partial charge >= 0.3 is 0 Å². The molecule has 1 N–H and O–H groups in total. The molecule has 0 aromatic heterocycles. The predicted molar refractivity (Wildman–Crippen MR) is 142 cm³/mol. The van der Waals surface area contributed by atoms with E-state index in [4.69, 9.17) is 11.6 Å². The monoisotopic (exact) mass is 521 g/mol. The molecular formula is C26H36ClN3O4S. The van der Waals surface area contributed by atoms with Crippen LogP contribution in [0, 0.1) is 0 Å². The zero-order valence-electron chi connectivity index (χ0n) is 21.1. The highest BCUT2D eigenvalue weighted by molar-refractivity contribution is 7.92. The Morgan fingerprint density at radius 1 is 0.971 bits per heavy atom. The van der Waals surface area contributed by atoms with Gasteiger partial charge in [0, 0.05) is 17.6 Å². The zero-order chi connectivity index (χ0) is 26.2. The van der Waals surface area contributed by atoms with Crippen molar-refractivity contribution in [3.63, 3.8) is 0 Å². The van der Waals surface area contributed by atoms with Crippen molar-refractivity contribution >= 4 is 39.1 Å². The lowest BCUT2D eigenvalue weighted by atomic mass is 10.1. The van der Waals surface area contributed by atoms with Crippen molar-refractivity contribution < 1.29 is 18.0 Å². The fourth-order valence-corrected chi connectivity index (χ4v) is 4.89. The lowest BCUT2D eigenvalue weighted by molar-refractivity contribution is -0.140. The molecule has 0 saturated carbocycles. The zero-order valence-corrected chi connectivity index (χ0v) is 22.7. The van der Waals surface area contributed by atoms with Gasteiger partial charge in [-0.05, 0) is 49.4 Å². The Labute approximate surface area is 214 Å². The molecule has 0 bridgehead atoms. The van der Waals surface area contributed by atoms with Gasteiger partial charge in [0.1, 0.15) is 12.6 Å². The smallest absolute Gasteiger partial charge is 0.244 e. The molecule has 0 aliphatic carbocycles. The van der Waals surface area contributed by atoms with E-state index in [0.29, 0.717) is 29.1 Å². The van der Waals surface area contributed by atoms with E-state index in [1.807, 2.05) is 45.9 Å². The third-order valence-electron chi connectivity index (χ3n) is 6.01. The number of rotatable bonds is 12. The summed E-state index contributed by atoms with van der Waals surface area (Å²) in [7, 11) is -3.78. The normalized spacial score (nSPS) is 13.1. The number of carbonyl (C=O) groups is 2. The van der Waals surface area contributed by atoms with Gasteiger partial charge in [0.25, 0.3) is 0 Å². The molecule has 35 heavy (non-hydrogen) atoms. The van der Waals surface area contributed by atoms with Crippen LogP contribution in [0.15, 0.2) is 48.5 Å². The Morgan fingerprint density at radius 3 is 2.11 bits per heavy atom. The van der Waals surface area contributed by atoms with Crippen LogP contribution in [0.25, 0.3) is 0 Å². The summed E-state index contributed by atoms with van der Waals surface area (Å²) < 4.78 is 26.7. The molecule has 0 fully saturated rings. The van der Waals surface area contributed by atoms with Gasteiger partial charge in [-0.15, -0.1) is 0 Å². The highest BCUT2D eigenvalue weighted by atomic mass is 35.5. The van der Waals surface area contributed by atoms with Crippen LogP contribution in [0.3, 0.4) is 0 Å². The second kappa shape index (κ2) is 12.9. The van der Waals surface area contributed by atoms with E-state index in [2.05, 4.69) is 5.32 Å². The summed E-state index contributed by atoms with van der Waals surface area (Å²) in [6, 6.07) is 13.4. The summed E-state index contributed by atoms with van der Waals surface area (Å²) in [4.78, 5) is 28.3. The first-order valence-corrected chi connectivity index (χ1v) is 14.1. The number of benzene rings is 2. The molecule has 0 spiro atoms. The number of nitrogens with one attached hydrogen (secondary N) is 1. The number of sulfonamides is 1. The van der Waals surface area contributed by atoms with Gasteiger partial charge in [0.2, 0.25) is 21.8 Å². The summed E-state index contributed by atoms with van der Waals surface area (Å²) in [5.74, 6) is -0.755. The number of hydrogen-bond donors (Lipinski definition) is 1. The molecule has 192 valence electrons. The fourth-order valence-electron chi connectivity index (χ4n) is 3.82. The first-order chi connectivity index (χ1) is 16.5. The van der Waals surface area contributed by atoms with Crippen molar-refractivity contribution in [2.75, 3.05) is 17.1 Å². The van der Waals surface area contributed by atoms with Crippen LogP contribution in [-0.2, 0) is 32.6 Å². The van der Waals surface area contributed by atoms with Gasteiger partial charge in [-0.3, -0.25) is 13.9 Å². The van der Waals surface area contributed by atoms with Gasteiger partial charge in [-0.2, -0.15) is 0 Å². The van der Waals surface area contributed by atoms with Gasteiger partial charge < -0.3 is 10.2 Å². The average Bonchev–Trinajstić information content (AvgIpc) is 2.82. The number of amides is 2. The summed E-state index contributed by atoms with van der Waals surface area (Å²) in [5, 5.41) is 3.42. The van der Waals surface area contributed by atoms with E-state index < -0.39 is 28.5 Å². The third-order valence-corrected chi connectivity index (χ3v) is 7.50. The SMILES string of the molecule is CCc1ccccc1N(CC(=O)N(Cc1ccccc1Cl)[C@H](CC)C(=O)N[C@@H](C)CC)S(C)(=O)=O.